The van der Waals surface area contributed by atoms with Crippen LogP contribution in [0.4, 0.5) is 5.69 Å². The number of amides is 1. The molecule has 0 saturated carbocycles. The normalized spacial score (nSPS) is 22.6. The molecule has 102 valence electrons. The summed E-state index contributed by atoms with van der Waals surface area (Å²) in [6.07, 6.45) is 0.791. The minimum absolute atomic E-state index is 0.000205. The van der Waals surface area contributed by atoms with E-state index in [2.05, 4.69) is 0 Å². The summed E-state index contributed by atoms with van der Waals surface area (Å²) in [5, 5.41) is 10.7. The lowest BCUT2D eigenvalue weighted by molar-refractivity contribution is -0.384. The first-order valence-electron chi connectivity index (χ1n) is 6.23. The van der Waals surface area contributed by atoms with Crippen LogP contribution < -0.4 is 5.73 Å². The number of carbonyl (C=O) groups is 1. The fourth-order valence-electron chi connectivity index (χ4n) is 2.41. The zero-order chi connectivity index (χ0) is 14.2. The highest BCUT2D eigenvalue weighted by molar-refractivity contribution is 5.96. The van der Waals surface area contributed by atoms with Gasteiger partial charge in [-0.05, 0) is 31.9 Å². The molecule has 0 radical (unpaired) electrons. The average molecular weight is 263 g/mol. The van der Waals surface area contributed by atoms with E-state index in [0.717, 1.165) is 6.42 Å². The minimum Gasteiger partial charge on any atom is -0.334 e. The van der Waals surface area contributed by atoms with E-state index in [4.69, 9.17) is 5.73 Å². The second-order valence-corrected chi connectivity index (χ2v) is 4.95. The maximum Gasteiger partial charge on any atom is 0.269 e. The van der Waals surface area contributed by atoms with Crippen molar-refractivity contribution in [1.29, 1.82) is 0 Å². The van der Waals surface area contributed by atoms with Crippen molar-refractivity contribution < 1.29 is 9.72 Å². The third-order valence-electron chi connectivity index (χ3n) is 3.73. The lowest BCUT2D eigenvalue weighted by atomic mass is 10.1. The van der Waals surface area contributed by atoms with Crippen molar-refractivity contribution in [1.82, 2.24) is 4.90 Å². The van der Waals surface area contributed by atoms with Gasteiger partial charge in [0.05, 0.1) is 4.92 Å². The second-order valence-electron chi connectivity index (χ2n) is 4.95. The fraction of sp³-hybridized carbons (Fsp3) is 0.462. The van der Waals surface area contributed by atoms with Crippen LogP contribution in [-0.4, -0.2) is 34.4 Å². The van der Waals surface area contributed by atoms with E-state index < -0.39 is 4.92 Å². The molecule has 0 aliphatic carbocycles. The van der Waals surface area contributed by atoms with Crippen molar-refractivity contribution in [3.8, 4) is 0 Å². The van der Waals surface area contributed by atoms with Gasteiger partial charge in [0.2, 0.25) is 0 Å². The molecule has 1 aromatic rings. The SMILES string of the molecule is Cc1cc([N+](=O)[O-])ccc1C(=O)N1CCC(N)C1C. The van der Waals surface area contributed by atoms with Crippen LogP contribution in [0.5, 0.6) is 0 Å². The van der Waals surface area contributed by atoms with Crippen LogP contribution in [0.3, 0.4) is 0 Å². The quantitative estimate of drug-likeness (QED) is 0.646. The van der Waals surface area contributed by atoms with Gasteiger partial charge in [0.25, 0.3) is 11.6 Å². The summed E-state index contributed by atoms with van der Waals surface area (Å²) in [4.78, 5) is 24.4. The van der Waals surface area contributed by atoms with Gasteiger partial charge < -0.3 is 10.6 Å². The molecule has 19 heavy (non-hydrogen) atoms. The Labute approximate surface area is 111 Å². The fourth-order valence-corrected chi connectivity index (χ4v) is 2.41. The van der Waals surface area contributed by atoms with Gasteiger partial charge in [-0.15, -0.1) is 0 Å². The molecule has 1 aliphatic heterocycles. The molecule has 2 atom stereocenters. The summed E-state index contributed by atoms with van der Waals surface area (Å²) in [6.45, 7) is 4.27. The standard InChI is InChI=1S/C13H17N3O3/c1-8-7-10(16(18)19)3-4-11(8)13(17)15-6-5-12(14)9(15)2/h3-4,7,9,12H,5-6,14H2,1-2H3. The summed E-state index contributed by atoms with van der Waals surface area (Å²) in [7, 11) is 0. The van der Waals surface area contributed by atoms with Gasteiger partial charge in [-0.2, -0.15) is 0 Å². The third-order valence-corrected chi connectivity index (χ3v) is 3.73. The molecule has 6 heteroatoms. The summed E-state index contributed by atoms with van der Waals surface area (Å²) < 4.78 is 0. The number of nitrogens with zero attached hydrogens (tertiary/aromatic N) is 2. The first kappa shape index (κ1) is 13.5. The number of benzene rings is 1. The van der Waals surface area contributed by atoms with E-state index >= 15 is 0 Å². The Morgan fingerprint density at radius 3 is 2.68 bits per heavy atom. The van der Waals surface area contributed by atoms with Crippen LogP contribution in [-0.2, 0) is 0 Å². The summed E-state index contributed by atoms with van der Waals surface area (Å²) in [6, 6.07) is 4.31. The monoisotopic (exact) mass is 263 g/mol. The zero-order valence-corrected chi connectivity index (χ0v) is 11.0. The predicted octanol–water partition coefficient (Wildman–Crippen LogP) is 1.46. The number of nitro benzene ring substituents is 1. The number of aryl methyl sites for hydroxylation is 1. The van der Waals surface area contributed by atoms with Gasteiger partial charge >= 0.3 is 0 Å². The Hall–Kier alpha value is -1.95. The Balaban J connectivity index is 2.27. The van der Waals surface area contributed by atoms with Gasteiger partial charge in [0.1, 0.15) is 0 Å². The van der Waals surface area contributed by atoms with Crippen molar-refractivity contribution in [2.24, 2.45) is 5.73 Å². The highest BCUT2D eigenvalue weighted by atomic mass is 16.6. The Morgan fingerprint density at radius 2 is 2.21 bits per heavy atom. The van der Waals surface area contributed by atoms with E-state index in [1.54, 1.807) is 11.8 Å². The molecule has 6 nitrogen and oxygen atoms in total. The van der Waals surface area contributed by atoms with Gasteiger partial charge in [-0.25, -0.2) is 0 Å². The molecule has 1 aliphatic rings. The van der Waals surface area contributed by atoms with Crippen molar-refractivity contribution in [2.75, 3.05) is 6.54 Å². The number of nitrogens with two attached hydrogens (primary N) is 1. The number of non-ortho nitro benzene ring substituents is 1. The van der Waals surface area contributed by atoms with E-state index in [1.807, 2.05) is 6.92 Å². The van der Waals surface area contributed by atoms with Crippen LogP contribution in [0.1, 0.15) is 29.3 Å². The van der Waals surface area contributed by atoms with Crippen molar-refractivity contribution in [2.45, 2.75) is 32.4 Å². The van der Waals surface area contributed by atoms with Crippen LogP contribution in [0, 0.1) is 17.0 Å². The number of hydrogen-bond acceptors (Lipinski definition) is 4. The third kappa shape index (κ3) is 2.44. The molecule has 2 rings (SSSR count). The topological polar surface area (TPSA) is 89.5 Å². The Morgan fingerprint density at radius 1 is 1.53 bits per heavy atom. The van der Waals surface area contributed by atoms with Gasteiger partial charge in [-0.3, -0.25) is 14.9 Å². The lowest BCUT2D eigenvalue weighted by Crippen LogP contribution is -2.40. The van der Waals surface area contributed by atoms with Crippen molar-refractivity contribution in [3.63, 3.8) is 0 Å². The maximum absolute atomic E-state index is 12.4. The molecule has 1 fully saturated rings. The molecule has 1 saturated heterocycles. The molecule has 1 aromatic carbocycles. The van der Waals surface area contributed by atoms with Crippen LogP contribution in [0.15, 0.2) is 18.2 Å². The van der Waals surface area contributed by atoms with Crippen molar-refractivity contribution in [3.05, 3.63) is 39.4 Å². The minimum atomic E-state index is -0.463. The number of hydrogen-bond donors (Lipinski definition) is 1. The van der Waals surface area contributed by atoms with Gasteiger partial charge in [-0.1, -0.05) is 0 Å². The summed E-state index contributed by atoms with van der Waals surface area (Å²) >= 11 is 0. The Bertz CT molecular complexity index is 530. The summed E-state index contributed by atoms with van der Waals surface area (Å²) in [5.41, 5.74) is 7.03. The lowest BCUT2D eigenvalue weighted by Gasteiger charge is -2.23. The highest BCUT2D eigenvalue weighted by Crippen LogP contribution is 2.23. The molecular formula is C13H17N3O3. The van der Waals surface area contributed by atoms with E-state index in [0.29, 0.717) is 17.7 Å². The number of rotatable bonds is 2. The molecule has 2 N–H and O–H groups in total. The summed E-state index contributed by atoms with van der Waals surface area (Å²) in [5.74, 6) is -0.104. The molecule has 1 amide bonds. The average Bonchev–Trinajstić information content (AvgIpc) is 2.69. The zero-order valence-electron chi connectivity index (χ0n) is 11.0. The smallest absolute Gasteiger partial charge is 0.269 e. The van der Waals surface area contributed by atoms with Crippen molar-refractivity contribution >= 4 is 11.6 Å². The molecule has 1 heterocycles. The largest absolute Gasteiger partial charge is 0.334 e. The number of likely N-dealkylation sites (tertiary alicyclic amines) is 1. The first-order chi connectivity index (χ1) is 8.91. The van der Waals surface area contributed by atoms with E-state index in [9.17, 15) is 14.9 Å². The molecule has 0 aromatic heterocycles. The number of nitro groups is 1. The highest BCUT2D eigenvalue weighted by Gasteiger charge is 2.32. The molecule has 0 spiro atoms. The van der Waals surface area contributed by atoms with E-state index in [-0.39, 0.29) is 23.7 Å². The second kappa shape index (κ2) is 4.97. The van der Waals surface area contributed by atoms with Gasteiger partial charge in [0.15, 0.2) is 0 Å². The van der Waals surface area contributed by atoms with Crippen LogP contribution in [0.2, 0.25) is 0 Å². The predicted molar refractivity (Wildman–Crippen MR) is 70.9 cm³/mol. The Kier molecular flexibility index (Phi) is 3.53. The van der Waals surface area contributed by atoms with Gasteiger partial charge in [0, 0.05) is 36.3 Å². The van der Waals surface area contributed by atoms with Crippen LogP contribution >= 0.6 is 0 Å². The van der Waals surface area contributed by atoms with E-state index in [1.165, 1.54) is 18.2 Å². The maximum atomic E-state index is 12.4. The first-order valence-corrected chi connectivity index (χ1v) is 6.23. The molecule has 0 bridgehead atoms. The molecular weight excluding hydrogens is 246 g/mol. The number of carbonyl (C=O) groups excluding carboxylic acids is 1. The molecule has 2 unspecified atom stereocenters. The van der Waals surface area contributed by atoms with Crippen LogP contribution in [0.25, 0.3) is 0 Å².